The number of hydrogen-bond acceptors (Lipinski definition) is 1. The Kier molecular flexibility index (Phi) is 2.10. The molecule has 1 aromatic carbocycles. The van der Waals surface area contributed by atoms with Gasteiger partial charge in [-0.3, -0.25) is 0 Å². The van der Waals surface area contributed by atoms with E-state index in [9.17, 15) is 4.79 Å². The van der Waals surface area contributed by atoms with Crippen LogP contribution in [-0.4, -0.2) is 11.1 Å². The van der Waals surface area contributed by atoms with Gasteiger partial charge in [0, 0.05) is 0 Å². The highest BCUT2D eigenvalue weighted by Crippen LogP contribution is 2.42. The standard InChI is InChI=1S/C14H14O2/c15-14(16)12-7-3-6-11-10-5-2-1-4-9(10)8-13(11)12/h3,6-7H,1-2,4-5,8H2,(H,15,16). The first kappa shape index (κ1) is 9.64. The largest absolute Gasteiger partial charge is 0.478 e. The van der Waals surface area contributed by atoms with Gasteiger partial charge >= 0.3 is 5.97 Å². The third-order valence-corrected chi connectivity index (χ3v) is 3.70. The van der Waals surface area contributed by atoms with Crippen molar-refractivity contribution in [3.8, 4) is 0 Å². The molecule has 0 saturated carbocycles. The maximum atomic E-state index is 11.1. The summed E-state index contributed by atoms with van der Waals surface area (Å²) in [6.45, 7) is 0. The van der Waals surface area contributed by atoms with Crippen LogP contribution in [0, 0.1) is 0 Å². The number of carboxylic acids is 1. The Balaban J connectivity index is 2.13. The molecule has 2 nitrogen and oxygen atoms in total. The Labute approximate surface area is 94.6 Å². The maximum Gasteiger partial charge on any atom is 0.335 e. The summed E-state index contributed by atoms with van der Waals surface area (Å²) in [5.41, 5.74) is 5.66. The van der Waals surface area contributed by atoms with Crippen molar-refractivity contribution in [3.63, 3.8) is 0 Å². The molecule has 0 aliphatic heterocycles. The number of fused-ring (bicyclic) bond motifs is 2. The van der Waals surface area contributed by atoms with Gasteiger partial charge in [-0.25, -0.2) is 4.79 Å². The predicted molar refractivity (Wildman–Crippen MR) is 62.5 cm³/mol. The highest BCUT2D eigenvalue weighted by Gasteiger charge is 2.26. The molecule has 1 aromatic rings. The molecule has 1 N–H and O–H groups in total. The Morgan fingerprint density at radius 1 is 1.19 bits per heavy atom. The minimum absolute atomic E-state index is 0.493. The minimum atomic E-state index is -0.795. The van der Waals surface area contributed by atoms with Crippen LogP contribution in [0.1, 0.15) is 47.2 Å². The molecule has 2 aliphatic carbocycles. The Morgan fingerprint density at radius 2 is 2.00 bits per heavy atom. The smallest absolute Gasteiger partial charge is 0.335 e. The molecule has 0 atom stereocenters. The second-order valence-corrected chi connectivity index (χ2v) is 4.60. The normalized spacial score (nSPS) is 18.2. The lowest BCUT2D eigenvalue weighted by atomic mass is 9.92. The van der Waals surface area contributed by atoms with Gasteiger partial charge < -0.3 is 5.11 Å². The van der Waals surface area contributed by atoms with Gasteiger partial charge in [-0.2, -0.15) is 0 Å². The Morgan fingerprint density at radius 3 is 2.81 bits per heavy atom. The molecule has 82 valence electrons. The molecular weight excluding hydrogens is 200 g/mol. The van der Waals surface area contributed by atoms with E-state index in [-0.39, 0.29) is 0 Å². The molecule has 0 radical (unpaired) electrons. The summed E-state index contributed by atoms with van der Waals surface area (Å²) in [4.78, 5) is 11.1. The number of benzene rings is 1. The first-order valence-electron chi connectivity index (χ1n) is 5.84. The van der Waals surface area contributed by atoms with Gasteiger partial charge in [0.2, 0.25) is 0 Å². The highest BCUT2D eigenvalue weighted by molar-refractivity contribution is 5.93. The van der Waals surface area contributed by atoms with Crippen molar-refractivity contribution in [2.45, 2.75) is 32.1 Å². The molecule has 0 aromatic heterocycles. The van der Waals surface area contributed by atoms with Crippen molar-refractivity contribution >= 4 is 11.5 Å². The van der Waals surface area contributed by atoms with Gasteiger partial charge in [0.15, 0.2) is 0 Å². The van der Waals surface area contributed by atoms with Crippen molar-refractivity contribution in [1.29, 1.82) is 0 Å². The van der Waals surface area contributed by atoms with Gasteiger partial charge in [0.05, 0.1) is 5.56 Å². The van der Waals surface area contributed by atoms with Crippen molar-refractivity contribution in [2.24, 2.45) is 0 Å². The third-order valence-electron chi connectivity index (χ3n) is 3.70. The number of allylic oxidation sites excluding steroid dienone is 2. The maximum absolute atomic E-state index is 11.1. The fraction of sp³-hybridized carbons (Fsp3) is 0.357. The number of hydrogen-bond donors (Lipinski definition) is 1. The summed E-state index contributed by atoms with van der Waals surface area (Å²) in [5.74, 6) is -0.795. The third kappa shape index (κ3) is 1.29. The molecule has 2 heteroatoms. The monoisotopic (exact) mass is 214 g/mol. The fourth-order valence-electron chi connectivity index (χ4n) is 2.96. The highest BCUT2D eigenvalue weighted by atomic mass is 16.4. The van der Waals surface area contributed by atoms with E-state index in [1.165, 1.54) is 29.6 Å². The van der Waals surface area contributed by atoms with Crippen molar-refractivity contribution in [1.82, 2.24) is 0 Å². The average molecular weight is 214 g/mol. The summed E-state index contributed by atoms with van der Waals surface area (Å²) in [6.07, 6.45) is 5.66. The molecule has 2 aliphatic rings. The lowest BCUT2D eigenvalue weighted by molar-refractivity contribution is 0.0696. The van der Waals surface area contributed by atoms with Crippen LogP contribution in [0.15, 0.2) is 23.8 Å². The van der Waals surface area contributed by atoms with Gasteiger partial charge in [0.1, 0.15) is 0 Å². The van der Waals surface area contributed by atoms with E-state index in [0.717, 1.165) is 24.8 Å². The minimum Gasteiger partial charge on any atom is -0.478 e. The van der Waals surface area contributed by atoms with E-state index < -0.39 is 5.97 Å². The summed E-state index contributed by atoms with van der Waals surface area (Å²) < 4.78 is 0. The topological polar surface area (TPSA) is 37.3 Å². The predicted octanol–water partition coefficient (Wildman–Crippen LogP) is 3.27. The molecule has 0 heterocycles. The van der Waals surface area contributed by atoms with Crippen LogP contribution in [0.4, 0.5) is 0 Å². The van der Waals surface area contributed by atoms with E-state index in [1.54, 1.807) is 6.07 Å². The lowest BCUT2D eigenvalue weighted by Gasteiger charge is -2.13. The fourth-order valence-corrected chi connectivity index (χ4v) is 2.96. The van der Waals surface area contributed by atoms with Crippen LogP contribution >= 0.6 is 0 Å². The Bertz CT molecular complexity index is 497. The van der Waals surface area contributed by atoms with Crippen LogP contribution in [0.3, 0.4) is 0 Å². The van der Waals surface area contributed by atoms with Crippen LogP contribution in [0.25, 0.3) is 5.57 Å². The summed E-state index contributed by atoms with van der Waals surface area (Å²) in [7, 11) is 0. The molecule has 0 fully saturated rings. The van der Waals surface area contributed by atoms with Gasteiger partial charge in [-0.05, 0) is 54.9 Å². The van der Waals surface area contributed by atoms with Crippen LogP contribution in [0.2, 0.25) is 0 Å². The van der Waals surface area contributed by atoms with Crippen molar-refractivity contribution in [2.75, 3.05) is 0 Å². The van der Waals surface area contributed by atoms with Crippen molar-refractivity contribution in [3.05, 3.63) is 40.5 Å². The van der Waals surface area contributed by atoms with Crippen LogP contribution in [0.5, 0.6) is 0 Å². The van der Waals surface area contributed by atoms with Crippen LogP contribution in [-0.2, 0) is 6.42 Å². The van der Waals surface area contributed by atoms with E-state index in [4.69, 9.17) is 5.11 Å². The Hall–Kier alpha value is -1.57. The van der Waals surface area contributed by atoms with E-state index >= 15 is 0 Å². The van der Waals surface area contributed by atoms with E-state index in [2.05, 4.69) is 6.07 Å². The number of aromatic carboxylic acids is 1. The molecular formula is C14H14O2. The molecule has 16 heavy (non-hydrogen) atoms. The first-order valence-corrected chi connectivity index (χ1v) is 5.84. The molecule has 0 amide bonds. The summed E-state index contributed by atoms with van der Waals surface area (Å²) >= 11 is 0. The van der Waals surface area contributed by atoms with Crippen LogP contribution < -0.4 is 0 Å². The van der Waals surface area contributed by atoms with E-state index in [1.807, 2.05) is 6.07 Å². The summed E-state index contributed by atoms with van der Waals surface area (Å²) in [6, 6.07) is 5.67. The SMILES string of the molecule is O=C(O)c1cccc2c1CC1=C2CCCC1. The van der Waals surface area contributed by atoms with E-state index in [0.29, 0.717) is 5.56 Å². The average Bonchev–Trinajstić information content (AvgIpc) is 2.67. The summed E-state index contributed by atoms with van der Waals surface area (Å²) in [5, 5.41) is 9.16. The first-order chi connectivity index (χ1) is 7.77. The zero-order chi connectivity index (χ0) is 11.1. The zero-order valence-corrected chi connectivity index (χ0v) is 9.12. The second kappa shape index (κ2) is 3.48. The second-order valence-electron chi connectivity index (χ2n) is 4.60. The lowest BCUT2D eigenvalue weighted by Crippen LogP contribution is -2.02. The van der Waals surface area contributed by atoms with Gasteiger partial charge in [-0.15, -0.1) is 0 Å². The molecule has 0 saturated heterocycles. The zero-order valence-electron chi connectivity index (χ0n) is 9.12. The van der Waals surface area contributed by atoms with Gasteiger partial charge in [0.25, 0.3) is 0 Å². The molecule has 3 rings (SSSR count). The number of carboxylic acid groups (broad SMARTS) is 1. The molecule has 0 bridgehead atoms. The molecule has 0 unspecified atom stereocenters. The van der Waals surface area contributed by atoms with Gasteiger partial charge in [-0.1, -0.05) is 17.7 Å². The number of rotatable bonds is 1. The van der Waals surface area contributed by atoms with Crippen molar-refractivity contribution < 1.29 is 9.90 Å². The molecule has 0 spiro atoms. The number of carbonyl (C=O) groups is 1. The quantitative estimate of drug-likeness (QED) is 0.779.